The average molecular weight is 196 g/mol. The summed E-state index contributed by atoms with van der Waals surface area (Å²) in [5.74, 6) is 0. The molecule has 0 heterocycles. The fraction of sp³-hybridized carbons (Fsp3) is 1.00. The average Bonchev–Trinajstić information content (AvgIpc) is 2.33. The van der Waals surface area contributed by atoms with Gasteiger partial charge in [-0.3, -0.25) is 0 Å². The Balaban J connectivity index is 2.75. The van der Waals surface area contributed by atoms with Gasteiger partial charge in [0.25, 0.3) is 0 Å². The summed E-state index contributed by atoms with van der Waals surface area (Å²) in [5.41, 5.74) is -1.85. The highest BCUT2D eigenvalue weighted by atomic mass is 19.4. The maximum Gasteiger partial charge on any atom is 0.417 e. The molecule has 0 aromatic carbocycles. The zero-order chi connectivity index (χ0) is 10.1. The van der Waals surface area contributed by atoms with Crippen LogP contribution in [0, 0.1) is 0 Å². The lowest BCUT2D eigenvalue weighted by molar-refractivity contribution is -0.285. The second-order valence-electron chi connectivity index (χ2n) is 3.87. The molecule has 0 spiro atoms. The van der Waals surface area contributed by atoms with E-state index in [0.717, 1.165) is 0 Å². The van der Waals surface area contributed by atoms with Crippen LogP contribution in [-0.4, -0.2) is 17.9 Å². The van der Waals surface area contributed by atoms with Crippen molar-refractivity contribution in [1.82, 2.24) is 0 Å². The highest BCUT2D eigenvalue weighted by Gasteiger charge is 2.57. The molecule has 0 radical (unpaired) electrons. The lowest BCUT2D eigenvalue weighted by Gasteiger charge is -2.33. The molecule has 0 aromatic heterocycles. The van der Waals surface area contributed by atoms with Gasteiger partial charge in [-0.15, -0.1) is 0 Å². The van der Waals surface area contributed by atoms with Crippen LogP contribution in [0.4, 0.5) is 13.2 Å². The summed E-state index contributed by atoms with van der Waals surface area (Å²) in [4.78, 5) is 0. The first-order valence-corrected chi connectivity index (χ1v) is 4.62. The van der Waals surface area contributed by atoms with E-state index in [1.165, 1.54) is 0 Å². The van der Waals surface area contributed by atoms with Crippen molar-refractivity contribution in [3.63, 3.8) is 0 Å². The van der Waals surface area contributed by atoms with Crippen LogP contribution >= 0.6 is 0 Å². The summed E-state index contributed by atoms with van der Waals surface area (Å²) in [7, 11) is 0. The van der Waals surface area contributed by atoms with Crippen LogP contribution in [0.1, 0.15) is 39.5 Å². The number of ether oxygens (including phenoxy) is 1. The van der Waals surface area contributed by atoms with Crippen molar-refractivity contribution in [1.29, 1.82) is 0 Å². The lowest BCUT2D eigenvalue weighted by atomic mass is 10.0. The van der Waals surface area contributed by atoms with Crippen LogP contribution in [0.5, 0.6) is 0 Å². The predicted molar refractivity (Wildman–Crippen MR) is 43.5 cm³/mol. The SMILES string of the molecule is CC(C)OC1(C(F)(F)F)CCCC1. The molecule has 1 nitrogen and oxygen atoms in total. The van der Waals surface area contributed by atoms with Crippen molar-refractivity contribution >= 4 is 0 Å². The zero-order valence-corrected chi connectivity index (χ0v) is 7.95. The molecule has 78 valence electrons. The molecule has 1 fully saturated rings. The van der Waals surface area contributed by atoms with Crippen molar-refractivity contribution < 1.29 is 17.9 Å². The Morgan fingerprint density at radius 2 is 1.62 bits per heavy atom. The lowest BCUT2D eigenvalue weighted by Crippen LogP contribution is -2.46. The molecule has 0 unspecified atom stereocenters. The summed E-state index contributed by atoms with van der Waals surface area (Å²) in [5, 5.41) is 0. The summed E-state index contributed by atoms with van der Waals surface area (Å²) in [6, 6.07) is 0. The molecule has 1 aliphatic rings. The van der Waals surface area contributed by atoms with E-state index in [-0.39, 0.29) is 18.9 Å². The van der Waals surface area contributed by atoms with Gasteiger partial charge < -0.3 is 4.74 Å². The molecular weight excluding hydrogens is 181 g/mol. The Kier molecular flexibility index (Phi) is 2.90. The quantitative estimate of drug-likeness (QED) is 0.658. The molecule has 1 aliphatic carbocycles. The summed E-state index contributed by atoms with van der Waals surface area (Å²) in [6.45, 7) is 3.29. The van der Waals surface area contributed by atoms with Crippen LogP contribution in [0.3, 0.4) is 0 Å². The minimum Gasteiger partial charge on any atom is -0.363 e. The molecular formula is C9H15F3O. The van der Waals surface area contributed by atoms with Gasteiger partial charge in [0.2, 0.25) is 0 Å². The second kappa shape index (κ2) is 3.48. The molecule has 0 atom stereocenters. The number of alkyl halides is 3. The Labute approximate surface area is 76.3 Å². The monoisotopic (exact) mass is 196 g/mol. The highest BCUT2D eigenvalue weighted by molar-refractivity contribution is 4.93. The van der Waals surface area contributed by atoms with Crippen molar-refractivity contribution in [2.24, 2.45) is 0 Å². The van der Waals surface area contributed by atoms with E-state index in [4.69, 9.17) is 4.74 Å². The first-order valence-electron chi connectivity index (χ1n) is 4.62. The van der Waals surface area contributed by atoms with E-state index in [1.807, 2.05) is 0 Å². The van der Waals surface area contributed by atoms with Gasteiger partial charge in [-0.05, 0) is 26.7 Å². The van der Waals surface area contributed by atoms with E-state index < -0.39 is 11.8 Å². The third kappa shape index (κ3) is 2.16. The van der Waals surface area contributed by atoms with Crippen molar-refractivity contribution in [3.05, 3.63) is 0 Å². The van der Waals surface area contributed by atoms with Gasteiger partial charge in [0.1, 0.15) is 0 Å². The fourth-order valence-electron chi connectivity index (χ4n) is 1.87. The van der Waals surface area contributed by atoms with Crippen LogP contribution in [0.25, 0.3) is 0 Å². The Hall–Kier alpha value is -0.250. The largest absolute Gasteiger partial charge is 0.417 e. The second-order valence-corrected chi connectivity index (χ2v) is 3.87. The Morgan fingerprint density at radius 1 is 1.15 bits per heavy atom. The zero-order valence-electron chi connectivity index (χ0n) is 7.95. The third-order valence-corrected chi connectivity index (χ3v) is 2.39. The van der Waals surface area contributed by atoms with E-state index in [0.29, 0.717) is 12.8 Å². The van der Waals surface area contributed by atoms with Gasteiger partial charge in [0.05, 0.1) is 6.10 Å². The molecule has 1 saturated carbocycles. The van der Waals surface area contributed by atoms with Gasteiger partial charge in [-0.25, -0.2) is 0 Å². The smallest absolute Gasteiger partial charge is 0.363 e. The van der Waals surface area contributed by atoms with Gasteiger partial charge in [-0.2, -0.15) is 13.2 Å². The maximum atomic E-state index is 12.7. The fourth-order valence-corrected chi connectivity index (χ4v) is 1.87. The van der Waals surface area contributed by atoms with E-state index in [9.17, 15) is 13.2 Å². The Bertz CT molecular complexity index is 168. The first-order chi connectivity index (χ1) is 5.87. The Morgan fingerprint density at radius 3 is 1.92 bits per heavy atom. The molecule has 4 heteroatoms. The molecule has 0 amide bonds. The van der Waals surface area contributed by atoms with Crippen LogP contribution in [0.2, 0.25) is 0 Å². The van der Waals surface area contributed by atoms with Gasteiger partial charge in [-0.1, -0.05) is 12.8 Å². The summed E-state index contributed by atoms with van der Waals surface area (Å²) in [6.07, 6.45) is -3.10. The van der Waals surface area contributed by atoms with E-state index >= 15 is 0 Å². The number of halogens is 3. The summed E-state index contributed by atoms with van der Waals surface area (Å²) < 4.78 is 43.0. The van der Waals surface area contributed by atoms with Crippen LogP contribution in [0.15, 0.2) is 0 Å². The number of hydrogen-bond donors (Lipinski definition) is 0. The minimum absolute atomic E-state index is 0.120. The molecule has 1 rings (SSSR count). The maximum absolute atomic E-state index is 12.7. The van der Waals surface area contributed by atoms with Gasteiger partial charge >= 0.3 is 6.18 Å². The predicted octanol–water partition coefficient (Wildman–Crippen LogP) is 3.29. The topological polar surface area (TPSA) is 9.23 Å². The van der Waals surface area contributed by atoms with Crippen molar-refractivity contribution in [3.8, 4) is 0 Å². The third-order valence-electron chi connectivity index (χ3n) is 2.39. The van der Waals surface area contributed by atoms with Crippen LogP contribution in [-0.2, 0) is 4.74 Å². The standard InChI is InChI=1S/C9H15F3O/c1-7(2)13-8(9(10,11)12)5-3-4-6-8/h7H,3-6H2,1-2H3. The minimum atomic E-state index is -4.21. The molecule has 0 aliphatic heterocycles. The molecule has 0 bridgehead atoms. The van der Waals surface area contributed by atoms with Gasteiger partial charge in [0.15, 0.2) is 5.60 Å². The number of rotatable bonds is 2. The van der Waals surface area contributed by atoms with Gasteiger partial charge in [0, 0.05) is 0 Å². The molecule has 0 N–H and O–H groups in total. The number of hydrogen-bond acceptors (Lipinski definition) is 1. The van der Waals surface area contributed by atoms with E-state index in [1.54, 1.807) is 13.8 Å². The molecule has 0 aromatic rings. The molecule has 13 heavy (non-hydrogen) atoms. The van der Waals surface area contributed by atoms with Crippen LogP contribution < -0.4 is 0 Å². The van der Waals surface area contributed by atoms with Crippen molar-refractivity contribution in [2.45, 2.75) is 57.4 Å². The summed E-state index contributed by atoms with van der Waals surface area (Å²) >= 11 is 0. The van der Waals surface area contributed by atoms with Crippen molar-refractivity contribution in [2.75, 3.05) is 0 Å². The van der Waals surface area contributed by atoms with E-state index in [2.05, 4.69) is 0 Å². The molecule has 0 saturated heterocycles. The normalized spacial score (nSPS) is 22.6. The highest BCUT2D eigenvalue weighted by Crippen LogP contribution is 2.46. The first kappa shape index (κ1) is 10.8.